The summed E-state index contributed by atoms with van der Waals surface area (Å²) in [5.41, 5.74) is 1.77. The zero-order chi connectivity index (χ0) is 15.4. The van der Waals surface area contributed by atoms with Crippen molar-refractivity contribution in [3.8, 4) is 11.3 Å². The second-order valence-corrected chi connectivity index (χ2v) is 5.14. The molecule has 3 nitrogen and oxygen atoms in total. The lowest BCUT2D eigenvalue weighted by atomic mass is 9.95. The van der Waals surface area contributed by atoms with Crippen LogP contribution in [0.2, 0.25) is 0 Å². The molecule has 22 heavy (non-hydrogen) atoms. The van der Waals surface area contributed by atoms with Gasteiger partial charge in [-0.1, -0.05) is 60.7 Å². The molecule has 0 saturated carbocycles. The van der Waals surface area contributed by atoms with Gasteiger partial charge in [0.1, 0.15) is 11.5 Å². The lowest BCUT2D eigenvalue weighted by Gasteiger charge is -2.11. The predicted octanol–water partition coefficient (Wildman–Crippen LogP) is 4.36. The molecule has 1 aromatic heterocycles. The largest absolute Gasteiger partial charge is 0.481 e. The number of carboxylic acid groups (broad SMARTS) is 1. The van der Waals surface area contributed by atoms with Gasteiger partial charge in [0.15, 0.2) is 0 Å². The zero-order valence-electron chi connectivity index (χ0n) is 12.0. The first-order valence-electron chi connectivity index (χ1n) is 7.16. The summed E-state index contributed by atoms with van der Waals surface area (Å²) in [4.78, 5) is 11.5. The van der Waals surface area contributed by atoms with Crippen molar-refractivity contribution in [2.24, 2.45) is 0 Å². The summed E-state index contributed by atoms with van der Waals surface area (Å²) in [6.45, 7) is 0. The summed E-state index contributed by atoms with van der Waals surface area (Å²) in [7, 11) is 0. The summed E-state index contributed by atoms with van der Waals surface area (Å²) in [6.07, 6.45) is 0.339. The minimum Gasteiger partial charge on any atom is -0.481 e. The number of hydrogen-bond donors (Lipinski definition) is 1. The molecule has 2 aromatic carbocycles. The van der Waals surface area contributed by atoms with Gasteiger partial charge in [-0.25, -0.2) is 0 Å². The molecule has 0 fully saturated rings. The van der Waals surface area contributed by atoms with Crippen molar-refractivity contribution in [1.82, 2.24) is 0 Å². The molecular formula is C19H16O3. The highest BCUT2D eigenvalue weighted by Gasteiger charge is 2.21. The van der Waals surface area contributed by atoms with E-state index in [1.54, 1.807) is 0 Å². The van der Waals surface area contributed by atoms with Crippen LogP contribution in [-0.2, 0) is 11.2 Å². The summed E-state index contributed by atoms with van der Waals surface area (Å²) < 4.78 is 5.81. The SMILES string of the molecule is O=C(O)C(Cc1ccc(-c2ccccc2)o1)c1ccccc1. The Labute approximate surface area is 128 Å². The number of hydrogen-bond acceptors (Lipinski definition) is 2. The summed E-state index contributed by atoms with van der Waals surface area (Å²) in [5.74, 6) is -0.0114. The van der Waals surface area contributed by atoms with Gasteiger partial charge in [0.05, 0.1) is 5.92 Å². The van der Waals surface area contributed by atoms with E-state index in [2.05, 4.69) is 0 Å². The minimum atomic E-state index is -0.844. The van der Waals surface area contributed by atoms with Crippen molar-refractivity contribution < 1.29 is 14.3 Å². The molecule has 0 saturated heterocycles. The van der Waals surface area contributed by atoms with Crippen LogP contribution in [-0.4, -0.2) is 11.1 Å². The van der Waals surface area contributed by atoms with Crippen LogP contribution in [0.5, 0.6) is 0 Å². The van der Waals surface area contributed by atoms with E-state index in [-0.39, 0.29) is 0 Å². The molecule has 1 atom stereocenters. The van der Waals surface area contributed by atoms with E-state index >= 15 is 0 Å². The normalized spacial score (nSPS) is 12.0. The average molecular weight is 292 g/mol. The van der Waals surface area contributed by atoms with Crippen LogP contribution in [0.15, 0.2) is 77.2 Å². The van der Waals surface area contributed by atoms with Crippen molar-refractivity contribution in [3.63, 3.8) is 0 Å². The Balaban J connectivity index is 1.83. The molecule has 1 unspecified atom stereocenters. The van der Waals surface area contributed by atoms with Crippen molar-refractivity contribution in [2.45, 2.75) is 12.3 Å². The lowest BCUT2D eigenvalue weighted by Crippen LogP contribution is -2.14. The monoisotopic (exact) mass is 292 g/mol. The zero-order valence-corrected chi connectivity index (χ0v) is 12.0. The van der Waals surface area contributed by atoms with Crippen LogP contribution in [0.1, 0.15) is 17.2 Å². The maximum Gasteiger partial charge on any atom is 0.311 e. The van der Waals surface area contributed by atoms with Crippen molar-refractivity contribution in [3.05, 3.63) is 84.1 Å². The highest BCUT2D eigenvalue weighted by molar-refractivity contribution is 5.76. The van der Waals surface area contributed by atoms with Gasteiger partial charge in [-0.05, 0) is 17.7 Å². The number of furan rings is 1. The van der Waals surface area contributed by atoms with Gasteiger partial charge >= 0.3 is 5.97 Å². The van der Waals surface area contributed by atoms with Crippen molar-refractivity contribution in [1.29, 1.82) is 0 Å². The van der Waals surface area contributed by atoms with Crippen LogP contribution in [0, 0.1) is 0 Å². The van der Waals surface area contributed by atoms with E-state index in [1.807, 2.05) is 72.8 Å². The third-order valence-electron chi connectivity index (χ3n) is 3.63. The molecule has 0 aliphatic heterocycles. The average Bonchev–Trinajstić information content (AvgIpc) is 3.03. The highest BCUT2D eigenvalue weighted by Crippen LogP contribution is 2.26. The number of aliphatic carboxylic acids is 1. The summed E-state index contributed by atoms with van der Waals surface area (Å²) >= 11 is 0. The molecule has 0 aliphatic rings. The van der Waals surface area contributed by atoms with Crippen LogP contribution < -0.4 is 0 Å². The molecule has 3 aromatic rings. The number of benzene rings is 2. The molecule has 3 heteroatoms. The third-order valence-corrected chi connectivity index (χ3v) is 3.63. The van der Waals surface area contributed by atoms with Gasteiger partial charge in [0, 0.05) is 12.0 Å². The number of rotatable bonds is 5. The van der Waals surface area contributed by atoms with Crippen LogP contribution in [0.3, 0.4) is 0 Å². The quantitative estimate of drug-likeness (QED) is 0.760. The van der Waals surface area contributed by atoms with Gasteiger partial charge in [0.25, 0.3) is 0 Å². The van der Waals surface area contributed by atoms with Crippen molar-refractivity contribution in [2.75, 3.05) is 0 Å². The lowest BCUT2D eigenvalue weighted by molar-refractivity contribution is -0.138. The summed E-state index contributed by atoms with van der Waals surface area (Å²) in [5, 5.41) is 9.47. The molecule has 3 rings (SSSR count). The van der Waals surface area contributed by atoms with E-state index in [4.69, 9.17) is 4.42 Å². The first kappa shape index (κ1) is 14.1. The Hall–Kier alpha value is -2.81. The second kappa shape index (κ2) is 6.31. The second-order valence-electron chi connectivity index (χ2n) is 5.14. The molecule has 110 valence electrons. The molecule has 1 N–H and O–H groups in total. The Kier molecular flexibility index (Phi) is 4.05. The van der Waals surface area contributed by atoms with Crippen LogP contribution >= 0.6 is 0 Å². The van der Waals surface area contributed by atoms with Gasteiger partial charge in [-0.3, -0.25) is 4.79 Å². The van der Waals surface area contributed by atoms with E-state index < -0.39 is 11.9 Å². The van der Waals surface area contributed by atoms with E-state index in [9.17, 15) is 9.90 Å². The first-order valence-corrected chi connectivity index (χ1v) is 7.16. The van der Waals surface area contributed by atoms with Crippen molar-refractivity contribution >= 4 is 5.97 Å². The molecule has 0 bridgehead atoms. The van der Waals surface area contributed by atoms with Gasteiger partial charge < -0.3 is 9.52 Å². The number of carboxylic acids is 1. The Morgan fingerprint density at radius 3 is 2.18 bits per heavy atom. The predicted molar refractivity (Wildman–Crippen MR) is 84.7 cm³/mol. The molecule has 0 aliphatic carbocycles. The van der Waals surface area contributed by atoms with Gasteiger partial charge in [-0.15, -0.1) is 0 Å². The molecule has 0 amide bonds. The third kappa shape index (κ3) is 3.09. The minimum absolute atomic E-state index is 0.339. The first-order chi connectivity index (χ1) is 10.7. The summed E-state index contributed by atoms with van der Waals surface area (Å²) in [6, 6.07) is 22.7. The fourth-order valence-electron chi connectivity index (χ4n) is 2.48. The van der Waals surface area contributed by atoms with E-state index in [0.717, 1.165) is 16.9 Å². The Bertz CT molecular complexity index is 745. The van der Waals surface area contributed by atoms with Crippen LogP contribution in [0.25, 0.3) is 11.3 Å². The molecule has 1 heterocycles. The maximum atomic E-state index is 11.5. The molecule has 0 spiro atoms. The van der Waals surface area contributed by atoms with E-state index in [0.29, 0.717) is 12.2 Å². The smallest absolute Gasteiger partial charge is 0.311 e. The number of carbonyl (C=O) groups is 1. The highest BCUT2D eigenvalue weighted by atomic mass is 16.4. The van der Waals surface area contributed by atoms with Gasteiger partial charge in [-0.2, -0.15) is 0 Å². The standard InChI is InChI=1S/C19H16O3/c20-19(21)17(14-7-3-1-4-8-14)13-16-11-12-18(22-16)15-9-5-2-6-10-15/h1-12,17H,13H2,(H,20,21). The Morgan fingerprint density at radius 2 is 1.55 bits per heavy atom. The topological polar surface area (TPSA) is 50.4 Å². The fourth-order valence-corrected chi connectivity index (χ4v) is 2.48. The molecule has 0 radical (unpaired) electrons. The fraction of sp³-hybridized carbons (Fsp3) is 0.105. The Morgan fingerprint density at radius 1 is 0.909 bits per heavy atom. The maximum absolute atomic E-state index is 11.5. The molecular weight excluding hydrogens is 276 g/mol. The van der Waals surface area contributed by atoms with Gasteiger partial charge in [0.2, 0.25) is 0 Å². The van der Waals surface area contributed by atoms with Crippen LogP contribution in [0.4, 0.5) is 0 Å². The van der Waals surface area contributed by atoms with E-state index in [1.165, 1.54) is 0 Å².